The average Bonchev–Trinajstić information content (AvgIpc) is 2.57. The van der Waals surface area contributed by atoms with E-state index in [0.717, 1.165) is 6.54 Å². The first kappa shape index (κ1) is 10.4. The summed E-state index contributed by atoms with van der Waals surface area (Å²) in [5.41, 5.74) is 0. The fraction of sp³-hybridized carbons (Fsp3) is 0.900. The van der Waals surface area contributed by atoms with Crippen molar-refractivity contribution in [2.75, 3.05) is 20.2 Å². The summed E-state index contributed by atoms with van der Waals surface area (Å²) in [4.78, 5) is 12.9. The Labute approximate surface area is 80.1 Å². The van der Waals surface area contributed by atoms with Crippen LogP contribution in [0.25, 0.3) is 0 Å². The number of carbonyl (C=O) groups is 1. The Bertz CT molecular complexity index is 164. The van der Waals surface area contributed by atoms with E-state index in [1.165, 1.54) is 25.7 Å². The van der Waals surface area contributed by atoms with E-state index in [0.29, 0.717) is 12.5 Å². The SMILES string of the molecule is CCOC(=O)N(C)CC1CCCC1. The second-order valence-corrected chi connectivity index (χ2v) is 3.73. The molecule has 76 valence electrons. The van der Waals surface area contributed by atoms with Gasteiger partial charge in [0, 0.05) is 13.6 Å². The molecule has 0 saturated heterocycles. The van der Waals surface area contributed by atoms with E-state index < -0.39 is 0 Å². The minimum atomic E-state index is -0.186. The van der Waals surface area contributed by atoms with Crippen molar-refractivity contribution >= 4 is 6.09 Å². The van der Waals surface area contributed by atoms with E-state index >= 15 is 0 Å². The van der Waals surface area contributed by atoms with E-state index in [1.54, 1.807) is 4.90 Å². The third-order valence-corrected chi connectivity index (χ3v) is 2.59. The second kappa shape index (κ2) is 5.10. The van der Waals surface area contributed by atoms with E-state index in [2.05, 4.69) is 0 Å². The Balaban J connectivity index is 2.22. The first-order valence-corrected chi connectivity index (χ1v) is 5.12. The molecule has 1 fully saturated rings. The topological polar surface area (TPSA) is 29.5 Å². The van der Waals surface area contributed by atoms with Crippen molar-refractivity contribution in [2.45, 2.75) is 32.6 Å². The summed E-state index contributed by atoms with van der Waals surface area (Å²) in [6.07, 6.45) is 4.99. The number of carbonyl (C=O) groups excluding carboxylic acids is 1. The summed E-state index contributed by atoms with van der Waals surface area (Å²) < 4.78 is 4.90. The lowest BCUT2D eigenvalue weighted by molar-refractivity contribution is 0.111. The molecule has 0 aromatic rings. The molecule has 0 spiro atoms. The highest BCUT2D eigenvalue weighted by atomic mass is 16.5. The van der Waals surface area contributed by atoms with Crippen LogP contribution in [-0.4, -0.2) is 31.2 Å². The largest absolute Gasteiger partial charge is 0.450 e. The Hall–Kier alpha value is -0.730. The lowest BCUT2D eigenvalue weighted by Crippen LogP contribution is -2.31. The molecule has 1 saturated carbocycles. The Kier molecular flexibility index (Phi) is 4.06. The lowest BCUT2D eigenvalue weighted by Gasteiger charge is -2.19. The Morgan fingerprint density at radius 1 is 1.46 bits per heavy atom. The van der Waals surface area contributed by atoms with Crippen LogP contribution in [0.5, 0.6) is 0 Å². The summed E-state index contributed by atoms with van der Waals surface area (Å²) in [5.74, 6) is 0.703. The zero-order valence-electron chi connectivity index (χ0n) is 8.58. The van der Waals surface area contributed by atoms with Crippen molar-refractivity contribution in [3.63, 3.8) is 0 Å². The van der Waals surface area contributed by atoms with Crippen molar-refractivity contribution in [1.29, 1.82) is 0 Å². The van der Waals surface area contributed by atoms with E-state index in [1.807, 2.05) is 14.0 Å². The highest BCUT2D eigenvalue weighted by Gasteiger charge is 2.19. The molecule has 1 aliphatic rings. The minimum absolute atomic E-state index is 0.186. The molecule has 0 aromatic heterocycles. The van der Waals surface area contributed by atoms with Gasteiger partial charge in [-0.05, 0) is 25.7 Å². The molecule has 1 aliphatic carbocycles. The van der Waals surface area contributed by atoms with Gasteiger partial charge in [-0.1, -0.05) is 12.8 Å². The number of ether oxygens (including phenoxy) is 1. The van der Waals surface area contributed by atoms with Gasteiger partial charge in [-0.2, -0.15) is 0 Å². The monoisotopic (exact) mass is 185 g/mol. The molecule has 1 rings (SSSR count). The van der Waals surface area contributed by atoms with Crippen LogP contribution in [0.2, 0.25) is 0 Å². The smallest absolute Gasteiger partial charge is 0.409 e. The quantitative estimate of drug-likeness (QED) is 0.675. The average molecular weight is 185 g/mol. The molecule has 0 unspecified atom stereocenters. The minimum Gasteiger partial charge on any atom is -0.450 e. The zero-order chi connectivity index (χ0) is 9.68. The maximum atomic E-state index is 11.2. The lowest BCUT2D eigenvalue weighted by atomic mass is 10.1. The normalized spacial score (nSPS) is 17.4. The molecule has 0 N–H and O–H groups in total. The molecular weight excluding hydrogens is 166 g/mol. The van der Waals surface area contributed by atoms with Gasteiger partial charge < -0.3 is 9.64 Å². The van der Waals surface area contributed by atoms with Gasteiger partial charge in [0.15, 0.2) is 0 Å². The number of amides is 1. The van der Waals surface area contributed by atoms with Crippen LogP contribution in [0, 0.1) is 5.92 Å². The highest BCUT2D eigenvalue weighted by molar-refractivity contribution is 5.67. The molecule has 0 bridgehead atoms. The van der Waals surface area contributed by atoms with Gasteiger partial charge in [0.1, 0.15) is 0 Å². The van der Waals surface area contributed by atoms with Gasteiger partial charge in [-0.25, -0.2) is 4.79 Å². The van der Waals surface area contributed by atoms with Crippen LogP contribution in [0.4, 0.5) is 4.79 Å². The first-order valence-electron chi connectivity index (χ1n) is 5.12. The zero-order valence-corrected chi connectivity index (χ0v) is 8.58. The van der Waals surface area contributed by atoms with E-state index in [4.69, 9.17) is 4.74 Å². The van der Waals surface area contributed by atoms with Gasteiger partial charge >= 0.3 is 6.09 Å². The molecule has 0 heterocycles. The highest BCUT2D eigenvalue weighted by Crippen LogP contribution is 2.25. The van der Waals surface area contributed by atoms with Crippen LogP contribution in [0.15, 0.2) is 0 Å². The summed E-state index contributed by atoms with van der Waals surface area (Å²) in [5, 5.41) is 0. The molecule has 0 aliphatic heterocycles. The fourth-order valence-corrected chi connectivity index (χ4v) is 1.89. The fourth-order valence-electron chi connectivity index (χ4n) is 1.89. The van der Waals surface area contributed by atoms with Crippen LogP contribution < -0.4 is 0 Å². The maximum Gasteiger partial charge on any atom is 0.409 e. The van der Waals surface area contributed by atoms with E-state index in [9.17, 15) is 4.79 Å². The number of nitrogens with zero attached hydrogens (tertiary/aromatic N) is 1. The third kappa shape index (κ3) is 3.25. The molecule has 13 heavy (non-hydrogen) atoms. The summed E-state index contributed by atoms with van der Waals surface area (Å²) >= 11 is 0. The first-order chi connectivity index (χ1) is 6.24. The molecule has 3 nitrogen and oxygen atoms in total. The van der Waals surface area contributed by atoms with Crippen molar-refractivity contribution in [1.82, 2.24) is 4.90 Å². The van der Waals surface area contributed by atoms with Crippen LogP contribution in [-0.2, 0) is 4.74 Å². The predicted molar refractivity (Wildman–Crippen MR) is 51.6 cm³/mol. The van der Waals surface area contributed by atoms with Gasteiger partial charge in [-0.3, -0.25) is 0 Å². The molecule has 3 heteroatoms. The Morgan fingerprint density at radius 2 is 2.08 bits per heavy atom. The van der Waals surface area contributed by atoms with Gasteiger partial charge in [-0.15, -0.1) is 0 Å². The van der Waals surface area contributed by atoms with Gasteiger partial charge in [0.05, 0.1) is 6.61 Å². The summed E-state index contributed by atoms with van der Waals surface area (Å²) in [6.45, 7) is 3.16. The number of hydrogen-bond acceptors (Lipinski definition) is 2. The predicted octanol–water partition coefficient (Wildman–Crippen LogP) is 2.26. The molecule has 0 atom stereocenters. The van der Waals surface area contributed by atoms with Crippen molar-refractivity contribution < 1.29 is 9.53 Å². The van der Waals surface area contributed by atoms with Crippen molar-refractivity contribution in [3.05, 3.63) is 0 Å². The molecule has 0 radical (unpaired) electrons. The van der Waals surface area contributed by atoms with Crippen molar-refractivity contribution in [2.24, 2.45) is 5.92 Å². The van der Waals surface area contributed by atoms with Crippen molar-refractivity contribution in [3.8, 4) is 0 Å². The number of rotatable bonds is 3. The van der Waals surface area contributed by atoms with Crippen LogP contribution in [0.1, 0.15) is 32.6 Å². The third-order valence-electron chi connectivity index (χ3n) is 2.59. The van der Waals surface area contributed by atoms with Gasteiger partial charge in [0.25, 0.3) is 0 Å². The molecular formula is C10H19NO2. The number of hydrogen-bond donors (Lipinski definition) is 0. The van der Waals surface area contributed by atoms with E-state index in [-0.39, 0.29) is 6.09 Å². The maximum absolute atomic E-state index is 11.2. The Morgan fingerprint density at radius 3 is 2.62 bits per heavy atom. The van der Waals surface area contributed by atoms with Crippen LogP contribution in [0.3, 0.4) is 0 Å². The summed E-state index contributed by atoms with van der Waals surface area (Å²) in [7, 11) is 1.82. The molecule has 0 aromatic carbocycles. The van der Waals surface area contributed by atoms with Crippen LogP contribution >= 0.6 is 0 Å². The molecule has 1 amide bonds. The summed E-state index contributed by atoms with van der Waals surface area (Å²) in [6, 6.07) is 0. The van der Waals surface area contributed by atoms with Gasteiger partial charge in [0.2, 0.25) is 0 Å². The second-order valence-electron chi connectivity index (χ2n) is 3.73. The standard InChI is InChI=1S/C10H19NO2/c1-3-13-10(12)11(2)8-9-6-4-5-7-9/h9H,3-8H2,1-2H3.